The molecule has 2 aromatic rings. The number of nitrogens with one attached hydrogen (secondary N) is 2. The minimum absolute atomic E-state index is 0.0404. The Morgan fingerprint density at radius 2 is 2.08 bits per heavy atom. The van der Waals surface area contributed by atoms with Crippen LogP contribution in [-0.2, 0) is 11.8 Å². The Morgan fingerprint density at radius 1 is 1.31 bits per heavy atom. The monoisotopic (exact) mass is 355 g/mol. The van der Waals surface area contributed by atoms with Gasteiger partial charge in [0.15, 0.2) is 0 Å². The molecule has 2 amide bonds. The van der Waals surface area contributed by atoms with Crippen molar-refractivity contribution in [1.82, 2.24) is 20.0 Å². The number of carbonyl (C=O) groups excluding carboxylic acids is 2. The third-order valence-corrected chi connectivity index (χ3v) is 4.85. The number of anilines is 1. The highest BCUT2D eigenvalue weighted by molar-refractivity contribution is 5.98. The summed E-state index contributed by atoms with van der Waals surface area (Å²) in [5.41, 5.74) is 3.23. The van der Waals surface area contributed by atoms with E-state index in [4.69, 9.17) is 0 Å². The molecule has 3 rings (SSSR count). The quantitative estimate of drug-likeness (QED) is 0.868. The van der Waals surface area contributed by atoms with Crippen molar-refractivity contribution < 1.29 is 9.59 Å². The van der Waals surface area contributed by atoms with Gasteiger partial charge in [-0.15, -0.1) is 0 Å². The average molecular weight is 355 g/mol. The van der Waals surface area contributed by atoms with Crippen molar-refractivity contribution in [1.29, 1.82) is 0 Å². The second kappa shape index (κ2) is 7.29. The first-order valence-corrected chi connectivity index (χ1v) is 8.69. The normalized spacial score (nSPS) is 19.4. The fourth-order valence-electron chi connectivity index (χ4n) is 3.31. The van der Waals surface area contributed by atoms with Gasteiger partial charge in [0.25, 0.3) is 5.91 Å². The van der Waals surface area contributed by atoms with E-state index in [1.807, 2.05) is 32.4 Å². The zero-order valence-corrected chi connectivity index (χ0v) is 15.6. The van der Waals surface area contributed by atoms with E-state index in [0.717, 1.165) is 17.7 Å². The molecule has 1 aliphatic rings. The second-order valence-corrected chi connectivity index (χ2v) is 7.04. The van der Waals surface area contributed by atoms with E-state index in [1.54, 1.807) is 30.9 Å². The Morgan fingerprint density at radius 3 is 2.73 bits per heavy atom. The van der Waals surface area contributed by atoms with E-state index in [1.165, 1.54) is 4.90 Å². The Hall–Kier alpha value is -2.67. The Balaban J connectivity index is 1.79. The second-order valence-electron chi connectivity index (χ2n) is 7.04. The van der Waals surface area contributed by atoms with Gasteiger partial charge in [0.2, 0.25) is 5.91 Å². The smallest absolute Gasteiger partial charge is 0.253 e. The third kappa shape index (κ3) is 3.62. The Kier molecular flexibility index (Phi) is 5.08. The molecule has 138 valence electrons. The molecule has 2 atom stereocenters. The molecule has 0 unspecified atom stereocenters. The zero-order valence-electron chi connectivity index (χ0n) is 15.6. The largest absolute Gasteiger partial charge is 0.345 e. The highest BCUT2D eigenvalue weighted by Gasteiger charge is 2.34. The summed E-state index contributed by atoms with van der Waals surface area (Å²) < 4.78 is 1.75. The number of rotatable bonds is 4. The molecular weight excluding hydrogens is 330 g/mol. The number of nitrogens with zero attached hydrogens (tertiary/aromatic N) is 3. The predicted molar refractivity (Wildman–Crippen MR) is 100 cm³/mol. The number of benzene rings is 1. The van der Waals surface area contributed by atoms with Gasteiger partial charge in [0.05, 0.1) is 12.1 Å². The average Bonchev–Trinajstić information content (AvgIpc) is 3.24. The van der Waals surface area contributed by atoms with Gasteiger partial charge in [-0.25, -0.2) is 0 Å². The summed E-state index contributed by atoms with van der Waals surface area (Å²) in [6.07, 6.45) is 3.78. The zero-order chi connectivity index (χ0) is 18.8. The van der Waals surface area contributed by atoms with Crippen molar-refractivity contribution in [2.75, 3.05) is 32.5 Å². The van der Waals surface area contributed by atoms with Gasteiger partial charge in [-0.1, -0.05) is 6.07 Å². The SMILES string of the molecule is Cc1ccc(C(=O)N(C)C)cc1NC(=O)[C@H]1CNC[C@@H]1c1cnn(C)c1. The minimum atomic E-state index is -0.174. The Bertz CT molecular complexity index is 827. The molecule has 2 N–H and O–H groups in total. The molecule has 0 saturated carbocycles. The fraction of sp³-hybridized carbons (Fsp3) is 0.421. The van der Waals surface area contributed by atoms with Crippen LogP contribution in [0.4, 0.5) is 5.69 Å². The highest BCUT2D eigenvalue weighted by atomic mass is 16.2. The Labute approximate surface area is 153 Å². The van der Waals surface area contributed by atoms with Crippen molar-refractivity contribution in [3.05, 3.63) is 47.3 Å². The van der Waals surface area contributed by atoms with E-state index >= 15 is 0 Å². The fourth-order valence-corrected chi connectivity index (χ4v) is 3.31. The number of amides is 2. The van der Waals surface area contributed by atoms with Crippen LogP contribution in [0.2, 0.25) is 0 Å². The first-order chi connectivity index (χ1) is 12.4. The minimum Gasteiger partial charge on any atom is -0.345 e. The highest BCUT2D eigenvalue weighted by Crippen LogP contribution is 2.29. The number of carbonyl (C=O) groups is 2. The summed E-state index contributed by atoms with van der Waals surface area (Å²) in [6, 6.07) is 5.39. The van der Waals surface area contributed by atoms with Crippen LogP contribution in [0, 0.1) is 12.8 Å². The van der Waals surface area contributed by atoms with Crippen LogP contribution < -0.4 is 10.6 Å². The molecule has 0 radical (unpaired) electrons. The number of aryl methyl sites for hydroxylation is 2. The van der Waals surface area contributed by atoms with Crippen LogP contribution in [0.15, 0.2) is 30.6 Å². The van der Waals surface area contributed by atoms with Crippen molar-refractivity contribution in [2.24, 2.45) is 13.0 Å². The molecule has 1 fully saturated rings. The van der Waals surface area contributed by atoms with Gasteiger partial charge in [-0.3, -0.25) is 14.3 Å². The van der Waals surface area contributed by atoms with E-state index in [2.05, 4.69) is 15.7 Å². The molecule has 7 heteroatoms. The van der Waals surface area contributed by atoms with E-state index in [0.29, 0.717) is 17.8 Å². The van der Waals surface area contributed by atoms with Crippen LogP contribution in [0.5, 0.6) is 0 Å². The third-order valence-electron chi connectivity index (χ3n) is 4.85. The number of aromatic nitrogens is 2. The van der Waals surface area contributed by atoms with Crippen LogP contribution in [0.3, 0.4) is 0 Å². The van der Waals surface area contributed by atoms with E-state index < -0.39 is 0 Å². The van der Waals surface area contributed by atoms with Crippen LogP contribution >= 0.6 is 0 Å². The number of hydrogen-bond donors (Lipinski definition) is 2. The standard InChI is InChI=1S/C19H25N5O2/c1-12-5-6-13(19(26)23(2)3)7-17(12)22-18(25)16-10-20-9-15(16)14-8-21-24(4)11-14/h5-8,11,15-16,20H,9-10H2,1-4H3,(H,22,25)/t15-,16+/m1/s1. The molecular formula is C19H25N5O2. The summed E-state index contributed by atoms with van der Waals surface area (Å²) in [7, 11) is 5.30. The maximum absolute atomic E-state index is 12.9. The summed E-state index contributed by atoms with van der Waals surface area (Å²) in [4.78, 5) is 26.6. The topological polar surface area (TPSA) is 79.3 Å². The summed E-state index contributed by atoms with van der Waals surface area (Å²) >= 11 is 0. The lowest BCUT2D eigenvalue weighted by Gasteiger charge is -2.19. The van der Waals surface area contributed by atoms with E-state index in [-0.39, 0.29) is 23.7 Å². The molecule has 1 aromatic heterocycles. The van der Waals surface area contributed by atoms with Crippen LogP contribution in [-0.4, -0.2) is 53.7 Å². The van der Waals surface area contributed by atoms with Crippen molar-refractivity contribution in [3.8, 4) is 0 Å². The van der Waals surface area contributed by atoms with Gasteiger partial charge in [-0.2, -0.15) is 5.10 Å². The summed E-state index contributed by atoms with van der Waals surface area (Å²) in [6.45, 7) is 3.30. The predicted octanol–water partition coefficient (Wildman–Crippen LogP) is 1.37. The molecule has 0 aliphatic carbocycles. The summed E-state index contributed by atoms with van der Waals surface area (Å²) in [5, 5.41) is 10.5. The van der Waals surface area contributed by atoms with Gasteiger partial charge in [0.1, 0.15) is 0 Å². The van der Waals surface area contributed by atoms with Gasteiger partial charge >= 0.3 is 0 Å². The molecule has 1 aromatic carbocycles. The van der Waals surface area contributed by atoms with Crippen molar-refractivity contribution >= 4 is 17.5 Å². The van der Waals surface area contributed by atoms with Crippen molar-refractivity contribution in [2.45, 2.75) is 12.8 Å². The maximum Gasteiger partial charge on any atom is 0.253 e. The molecule has 1 saturated heterocycles. The first kappa shape index (κ1) is 18.1. The lowest BCUT2D eigenvalue weighted by molar-refractivity contribution is -0.119. The molecule has 0 bridgehead atoms. The van der Waals surface area contributed by atoms with Gasteiger partial charge < -0.3 is 15.5 Å². The lowest BCUT2D eigenvalue weighted by atomic mass is 9.90. The van der Waals surface area contributed by atoms with Gasteiger partial charge in [0, 0.05) is 57.6 Å². The molecule has 2 heterocycles. The molecule has 26 heavy (non-hydrogen) atoms. The first-order valence-electron chi connectivity index (χ1n) is 8.69. The lowest BCUT2D eigenvalue weighted by Crippen LogP contribution is -2.28. The van der Waals surface area contributed by atoms with Crippen molar-refractivity contribution in [3.63, 3.8) is 0 Å². The molecule has 1 aliphatic heterocycles. The maximum atomic E-state index is 12.9. The summed E-state index contributed by atoms with van der Waals surface area (Å²) in [5.74, 6) is -0.208. The van der Waals surface area contributed by atoms with Crippen LogP contribution in [0.1, 0.15) is 27.4 Å². The number of hydrogen-bond acceptors (Lipinski definition) is 4. The molecule has 0 spiro atoms. The molecule has 7 nitrogen and oxygen atoms in total. The van der Waals surface area contributed by atoms with E-state index in [9.17, 15) is 9.59 Å². The van der Waals surface area contributed by atoms with Crippen LogP contribution in [0.25, 0.3) is 0 Å². The van der Waals surface area contributed by atoms with Gasteiger partial charge in [-0.05, 0) is 30.2 Å².